The molecule has 4 aromatic rings. The summed E-state index contributed by atoms with van der Waals surface area (Å²) >= 11 is 0. The van der Waals surface area contributed by atoms with Crippen LogP contribution in [0.5, 0.6) is 0 Å². The molecule has 3 N–H and O–H groups in total. The van der Waals surface area contributed by atoms with Gasteiger partial charge in [-0.1, -0.05) is 26.8 Å². The maximum Gasteiger partial charge on any atom is 0.278 e. The predicted octanol–water partition coefficient (Wildman–Crippen LogP) is 2.41. The fourth-order valence-corrected chi connectivity index (χ4v) is 4.36. The lowest BCUT2D eigenvalue weighted by atomic mass is 9.91. The zero-order valence-corrected chi connectivity index (χ0v) is 20.9. The standard InChI is InChI=1S/C26H30N8O2/c1-26(2,3)21-12-19(8-10-29-21)34-23-20(24(36)33(34)15-22(35)27-4)14-30-25(32-23)31-18-6-5-16-7-9-28-13-17(16)11-18/h5-6,8,10-12,14,28H,7,9,13,15H2,1-4H3,(H,27,35)(H,30,31,32). The molecule has 10 heteroatoms. The van der Waals surface area contributed by atoms with E-state index in [4.69, 9.17) is 4.98 Å². The van der Waals surface area contributed by atoms with E-state index in [1.54, 1.807) is 24.0 Å². The van der Waals surface area contributed by atoms with Crippen molar-refractivity contribution < 1.29 is 4.79 Å². The molecular weight excluding hydrogens is 456 g/mol. The minimum Gasteiger partial charge on any atom is -0.358 e. The van der Waals surface area contributed by atoms with E-state index in [9.17, 15) is 9.59 Å². The van der Waals surface area contributed by atoms with E-state index in [2.05, 4.69) is 58.8 Å². The number of carbonyl (C=O) groups is 1. The number of hydrogen-bond acceptors (Lipinski definition) is 7. The number of benzene rings is 1. The molecule has 1 aliphatic rings. The smallest absolute Gasteiger partial charge is 0.278 e. The fourth-order valence-electron chi connectivity index (χ4n) is 4.36. The summed E-state index contributed by atoms with van der Waals surface area (Å²) in [5.41, 5.74) is 4.87. The van der Waals surface area contributed by atoms with Crippen molar-refractivity contribution in [3.05, 3.63) is 69.9 Å². The van der Waals surface area contributed by atoms with Gasteiger partial charge in [-0.05, 0) is 48.4 Å². The molecule has 1 amide bonds. The van der Waals surface area contributed by atoms with Crippen LogP contribution in [0.1, 0.15) is 37.6 Å². The Morgan fingerprint density at radius 3 is 2.75 bits per heavy atom. The van der Waals surface area contributed by atoms with Crippen LogP contribution in [0, 0.1) is 0 Å². The maximum atomic E-state index is 13.3. The molecule has 3 aromatic heterocycles. The molecule has 0 fully saturated rings. The van der Waals surface area contributed by atoms with Crippen LogP contribution < -0.4 is 21.5 Å². The zero-order chi connectivity index (χ0) is 25.4. The molecule has 0 aliphatic carbocycles. The molecule has 0 saturated carbocycles. The first-order valence-corrected chi connectivity index (χ1v) is 12.0. The first-order valence-electron chi connectivity index (χ1n) is 12.0. The first kappa shape index (κ1) is 23.7. The number of anilines is 2. The van der Waals surface area contributed by atoms with Crippen LogP contribution in [-0.4, -0.2) is 43.8 Å². The van der Waals surface area contributed by atoms with E-state index in [1.807, 2.05) is 12.1 Å². The Kier molecular flexibility index (Phi) is 6.05. The molecule has 10 nitrogen and oxygen atoms in total. The monoisotopic (exact) mass is 486 g/mol. The van der Waals surface area contributed by atoms with E-state index < -0.39 is 0 Å². The van der Waals surface area contributed by atoms with Crippen molar-refractivity contribution in [1.82, 2.24) is 34.9 Å². The molecular formula is C26H30N8O2. The van der Waals surface area contributed by atoms with Crippen LogP contribution in [0.3, 0.4) is 0 Å². The van der Waals surface area contributed by atoms with Gasteiger partial charge >= 0.3 is 0 Å². The lowest BCUT2D eigenvalue weighted by molar-refractivity contribution is -0.121. The van der Waals surface area contributed by atoms with Crippen molar-refractivity contribution in [2.45, 2.75) is 45.7 Å². The number of pyridine rings is 1. The lowest BCUT2D eigenvalue weighted by Gasteiger charge is -2.19. The van der Waals surface area contributed by atoms with Crippen molar-refractivity contribution in [2.24, 2.45) is 0 Å². The normalized spacial score (nSPS) is 13.4. The third kappa shape index (κ3) is 4.47. The second-order valence-electron chi connectivity index (χ2n) is 9.96. The minimum atomic E-state index is -0.339. The third-order valence-electron chi connectivity index (χ3n) is 6.35. The molecule has 1 aliphatic heterocycles. The maximum absolute atomic E-state index is 13.3. The summed E-state index contributed by atoms with van der Waals surface area (Å²) in [6.07, 6.45) is 4.22. The Morgan fingerprint density at radius 2 is 1.97 bits per heavy atom. The van der Waals surface area contributed by atoms with Gasteiger partial charge in [-0.15, -0.1) is 0 Å². The van der Waals surface area contributed by atoms with Crippen LogP contribution in [0.25, 0.3) is 16.7 Å². The van der Waals surface area contributed by atoms with Gasteiger partial charge in [-0.3, -0.25) is 14.6 Å². The van der Waals surface area contributed by atoms with Gasteiger partial charge in [-0.25, -0.2) is 14.3 Å². The number of nitrogens with zero attached hydrogens (tertiary/aromatic N) is 5. The van der Waals surface area contributed by atoms with Crippen molar-refractivity contribution in [1.29, 1.82) is 0 Å². The number of rotatable bonds is 5. The SMILES string of the molecule is CNC(=O)Cn1c(=O)c2cnc(Nc3ccc4c(c3)CNCC4)nc2n1-c1ccnc(C(C)(C)C)c1. The summed E-state index contributed by atoms with van der Waals surface area (Å²) in [4.78, 5) is 39.2. The Bertz CT molecular complexity index is 1510. The van der Waals surface area contributed by atoms with Crippen molar-refractivity contribution in [3.63, 3.8) is 0 Å². The molecule has 0 spiro atoms. The Balaban J connectivity index is 1.63. The Labute approximate surface area is 208 Å². The quantitative estimate of drug-likeness (QED) is 0.396. The van der Waals surface area contributed by atoms with Crippen molar-refractivity contribution in [2.75, 3.05) is 18.9 Å². The van der Waals surface area contributed by atoms with Crippen LogP contribution >= 0.6 is 0 Å². The molecule has 186 valence electrons. The second kappa shape index (κ2) is 9.19. The lowest BCUT2D eigenvalue weighted by Crippen LogP contribution is -2.32. The number of likely N-dealkylation sites (N-methyl/N-ethyl adjacent to an activating group) is 1. The number of amides is 1. The molecule has 0 unspecified atom stereocenters. The fraction of sp³-hybridized carbons (Fsp3) is 0.346. The number of carbonyl (C=O) groups excluding carboxylic acids is 1. The van der Waals surface area contributed by atoms with E-state index in [0.717, 1.165) is 30.9 Å². The second-order valence-corrected chi connectivity index (χ2v) is 9.96. The van der Waals surface area contributed by atoms with Crippen LogP contribution in [-0.2, 0) is 29.7 Å². The topological polar surface area (TPSA) is 119 Å². The van der Waals surface area contributed by atoms with Gasteiger partial charge in [0, 0.05) is 42.8 Å². The largest absolute Gasteiger partial charge is 0.358 e. The molecule has 0 atom stereocenters. The summed E-state index contributed by atoms with van der Waals surface area (Å²) in [6.45, 7) is 7.87. The average Bonchev–Trinajstić information content (AvgIpc) is 3.14. The summed E-state index contributed by atoms with van der Waals surface area (Å²) < 4.78 is 3.06. The van der Waals surface area contributed by atoms with E-state index in [-0.39, 0.29) is 23.4 Å². The highest BCUT2D eigenvalue weighted by Crippen LogP contribution is 2.25. The van der Waals surface area contributed by atoms with Gasteiger partial charge in [0.1, 0.15) is 11.9 Å². The van der Waals surface area contributed by atoms with Gasteiger partial charge < -0.3 is 16.0 Å². The van der Waals surface area contributed by atoms with Gasteiger partial charge in [0.25, 0.3) is 5.56 Å². The van der Waals surface area contributed by atoms with Gasteiger partial charge in [0.05, 0.1) is 5.69 Å². The van der Waals surface area contributed by atoms with Gasteiger partial charge in [0.15, 0.2) is 5.65 Å². The van der Waals surface area contributed by atoms with E-state index >= 15 is 0 Å². The number of nitrogens with one attached hydrogen (secondary N) is 3. The van der Waals surface area contributed by atoms with Crippen LogP contribution in [0.2, 0.25) is 0 Å². The number of aromatic nitrogens is 5. The van der Waals surface area contributed by atoms with Crippen LogP contribution in [0.15, 0.2) is 47.5 Å². The van der Waals surface area contributed by atoms with Gasteiger partial charge in [-0.2, -0.15) is 4.98 Å². The molecule has 1 aromatic carbocycles. The molecule has 36 heavy (non-hydrogen) atoms. The number of fused-ring (bicyclic) bond motifs is 2. The Hall–Kier alpha value is -4.05. The third-order valence-corrected chi connectivity index (χ3v) is 6.35. The number of hydrogen-bond donors (Lipinski definition) is 3. The minimum absolute atomic E-state index is 0.153. The van der Waals surface area contributed by atoms with E-state index in [0.29, 0.717) is 22.7 Å². The molecule has 4 heterocycles. The zero-order valence-electron chi connectivity index (χ0n) is 20.9. The summed E-state index contributed by atoms with van der Waals surface area (Å²) in [7, 11) is 1.54. The first-order chi connectivity index (χ1) is 17.2. The van der Waals surface area contributed by atoms with Crippen molar-refractivity contribution in [3.8, 4) is 5.69 Å². The summed E-state index contributed by atoms with van der Waals surface area (Å²) in [5.74, 6) is 0.0717. The molecule has 0 saturated heterocycles. The summed E-state index contributed by atoms with van der Waals surface area (Å²) in [6, 6.07) is 9.96. The highest BCUT2D eigenvalue weighted by atomic mass is 16.2. The van der Waals surface area contributed by atoms with Crippen molar-refractivity contribution >= 4 is 28.6 Å². The van der Waals surface area contributed by atoms with E-state index in [1.165, 1.54) is 22.0 Å². The highest BCUT2D eigenvalue weighted by molar-refractivity contribution is 5.79. The molecule has 0 bridgehead atoms. The Morgan fingerprint density at radius 1 is 1.14 bits per heavy atom. The van der Waals surface area contributed by atoms with Gasteiger partial charge in [0.2, 0.25) is 11.9 Å². The predicted molar refractivity (Wildman–Crippen MR) is 139 cm³/mol. The average molecular weight is 487 g/mol. The highest BCUT2D eigenvalue weighted by Gasteiger charge is 2.22. The summed E-state index contributed by atoms with van der Waals surface area (Å²) in [5, 5.41) is 9.58. The van der Waals surface area contributed by atoms with Crippen LogP contribution in [0.4, 0.5) is 11.6 Å². The molecule has 5 rings (SSSR count). The molecule has 0 radical (unpaired) electrons.